The molecule has 1 N–H and O–H groups in total. The average Bonchev–Trinajstić information content (AvgIpc) is 2.60. The molecule has 2 rings (SSSR count). The molecule has 0 aliphatic heterocycles. The third kappa shape index (κ3) is 2.24. The van der Waals surface area contributed by atoms with Crippen LogP contribution in [0, 0.1) is 11.3 Å². The first-order chi connectivity index (χ1) is 7.34. The van der Waals surface area contributed by atoms with E-state index in [-0.39, 0.29) is 17.2 Å². The van der Waals surface area contributed by atoms with Crippen LogP contribution < -0.4 is 0 Å². The van der Waals surface area contributed by atoms with E-state index in [0.29, 0.717) is 6.54 Å². The van der Waals surface area contributed by atoms with Crippen LogP contribution in [-0.2, 0) is 4.79 Å². The Kier molecular flexibility index (Phi) is 2.77. The molecule has 2 aliphatic carbocycles. The molecule has 92 valence electrons. The van der Waals surface area contributed by atoms with Gasteiger partial charge < -0.3 is 10.0 Å². The van der Waals surface area contributed by atoms with Gasteiger partial charge in [0.25, 0.3) is 0 Å². The van der Waals surface area contributed by atoms with Gasteiger partial charge in [0, 0.05) is 19.5 Å². The quantitative estimate of drug-likeness (QED) is 0.795. The molecule has 2 saturated carbocycles. The zero-order valence-corrected chi connectivity index (χ0v) is 10.6. The number of likely N-dealkylation sites (N-methyl/N-ethyl adjacent to an activating group) is 1. The van der Waals surface area contributed by atoms with Crippen LogP contribution in [0.4, 0.5) is 0 Å². The molecule has 0 radical (unpaired) electrons. The Labute approximate surface area is 97.8 Å². The van der Waals surface area contributed by atoms with Gasteiger partial charge in [-0.3, -0.25) is 4.79 Å². The Morgan fingerprint density at radius 1 is 1.38 bits per heavy atom. The van der Waals surface area contributed by atoms with Crippen LogP contribution >= 0.6 is 0 Å². The fraction of sp³-hybridized carbons (Fsp3) is 0.923. The third-order valence-electron chi connectivity index (χ3n) is 4.25. The van der Waals surface area contributed by atoms with Gasteiger partial charge in [-0.25, -0.2) is 0 Å². The third-order valence-corrected chi connectivity index (χ3v) is 4.25. The fourth-order valence-corrected chi connectivity index (χ4v) is 2.87. The first kappa shape index (κ1) is 11.9. The van der Waals surface area contributed by atoms with Gasteiger partial charge in [0.1, 0.15) is 0 Å². The number of aliphatic hydroxyl groups is 1. The van der Waals surface area contributed by atoms with E-state index in [1.165, 1.54) is 0 Å². The summed E-state index contributed by atoms with van der Waals surface area (Å²) in [6.07, 6.45) is 4.87. The summed E-state index contributed by atoms with van der Waals surface area (Å²) >= 11 is 0. The first-order valence-electron chi connectivity index (χ1n) is 6.31. The van der Waals surface area contributed by atoms with Gasteiger partial charge in [-0.15, -0.1) is 0 Å². The molecule has 16 heavy (non-hydrogen) atoms. The Morgan fingerprint density at radius 2 is 1.88 bits per heavy atom. The van der Waals surface area contributed by atoms with Crippen LogP contribution in [0.3, 0.4) is 0 Å². The SMILES string of the molecule is CN(CC1(O)CCCC1)C(=O)C1CC1(C)C. The minimum atomic E-state index is -0.608. The van der Waals surface area contributed by atoms with Crippen molar-refractivity contribution in [3.05, 3.63) is 0 Å². The first-order valence-corrected chi connectivity index (χ1v) is 6.31. The number of carbonyl (C=O) groups excluding carboxylic acids is 1. The Bertz CT molecular complexity index is 292. The summed E-state index contributed by atoms with van der Waals surface area (Å²) < 4.78 is 0. The van der Waals surface area contributed by atoms with Gasteiger partial charge in [0.15, 0.2) is 0 Å². The topological polar surface area (TPSA) is 40.5 Å². The maximum atomic E-state index is 12.1. The lowest BCUT2D eigenvalue weighted by molar-refractivity contribution is -0.135. The number of nitrogens with zero attached hydrogens (tertiary/aromatic N) is 1. The molecule has 1 amide bonds. The van der Waals surface area contributed by atoms with Crippen LogP contribution in [0.15, 0.2) is 0 Å². The lowest BCUT2D eigenvalue weighted by atomic mass is 10.0. The highest BCUT2D eigenvalue weighted by atomic mass is 16.3. The van der Waals surface area contributed by atoms with Gasteiger partial charge in [0.2, 0.25) is 5.91 Å². The van der Waals surface area contributed by atoms with Gasteiger partial charge >= 0.3 is 0 Å². The lowest BCUT2D eigenvalue weighted by Gasteiger charge is -2.29. The smallest absolute Gasteiger partial charge is 0.226 e. The highest BCUT2D eigenvalue weighted by Gasteiger charge is 2.52. The van der Waals surface area contributed by atoms with Crippen molar-refractivity contribution in [2.24, 2.45) is 11.3 Å². The van der Waals surface area contributed by atoms with Crippen LogP contribution in [-0.4, -0.2) is 35.1 Å². The highest BCUT2D eigenvalue weighted by molar-refractivity contribution is 5.82. The van der Waals surface area contributed by atoms with E-state index in [4.69, 9.17) is 0 Å². The molecule has 3 heteroatoms. The molecule has 0 aromatic rings. The molecule has 1 unspecified atom stereocenters. The molecule has 0 heterocycles. The van der Waals surface area contributed by atoms with Crippen LogP contribution in [0.1, 0.15) is 46.0 Å². The second-order valence-corrected chi connectivity index (χ2v) is 6.37. The van der Waals surface area contributed by atoms with Crippen molar-refractivity contribution in [1.29, 1.82) is 0 Å². The fourth-order valence-electron chi connectivity index (χ4n) is 2.87. The highest BCUT2D eigenvalue weighted by Crippen LogP contribution is 2.52. The molecule has 0 aromatic heterocycles. The number of amides is 1. The van der Waals surface area contributed by atoms with Gasteiger partial charge in [0.05, 0.1) is 5.60 Å². The van der Waals surface area contributed by atoms with Crippen molar-refractivity contribution in [3.63, 3.8) is 0 Å². The van der Waals surface area contributed by atoms with Gasteiger partial charge in [-0.2, -0.15) is 0 Å². The van der Waals surface area contributed by atoms with E-state index in [1.54, 1.807) is 4.90 Å². The molecule has 0 bridgehead atoms. The Balaban J connectivity index is 1.88. The molecule has 3 nitrogen and oxygen atoms in total. The second-order valence-electron chi connectivity index (χ2n) is 6.37. The minimum absolute atomic E-state index is 0.183. The van der Waals surface area contributed by atoms with Crippen molar-refractivity contribution in [2.45, 2.75) is 51.6 Å². The van der Waals surface area contributed by atoms with Crippen LogP contribution in [0.2, 0.25) is 0 Å². The largest absolute Gasteiger partial charge is 0.388 e. The number of carbonyl (C=O) groups is 1. The summed E-state index contributed by atoms with van der Waals surface area (Å²) in [5, 5.41) is 10.2. The molecule has 2 aliphatic rings. The summed E-state index contributed by atoms with van der Waals surface area (Å²) in [5.41, 5.74) is -0.424. The second kappa shape index (κ2) is 3.73. The standard InChI is InChI=1S/C13H23NO2/c1-12(2)8-10(12)11(15)14(3)9-13(16)6-4-5-7-13/h10,16H,4-9H2,1-3H3. The van der Waals surface area contributed by atoms with E-state index in [1.807, 2.05) is 7.05 Å². The van der Waals surface area contributed by atoms with E-state index < -0.39 is 5.60 Å². The van der Waals surface area contributed by atoms with Crippen molar-refractivity contribution in [1.82, 2.24) is 4.90 Å². The monoisotopic (exact) mass is 225 g/mol. The molecular formula is C13H23NO2. The molecule has 0 spiro atoms. The van der Waals surface area contributed by atoms with Crippen molar-refractivity contribution in [3.8, 4) is 0 Å². The molecule has 0 saturated heterocycles. The molecule has 0 aromatic carbocycles. The van der Waals surface area contributed by atoms with E-state index in [0.717, 1.165) is 32.1 Å². The minimum Gasteiger partial charge on any atom is -0.388 e. The normalized spacial score (nSPS) is 30.1. The van der Waals surface area contributed by atoms with Crippen molar-refractivity contribution < 1.29 is 9.90 Å². The zero-order valence-electron chi connectivity index (χ0n) is 10.6. The van der Waals surface area contributed by atoms with Crippen LogP contribution in [0.5, 0.6) is 0 Å². The predicted octanol–water partition coefficient (Wildman–Crippen LogP) is 1.80. The Hall–Kier alpha value is -0.570. The summed E-state index contributed by atoms with van der Waals surface area (Å²) in [4.78, 5) is 13.8. The predicted molar refractivity (Wildman–Crippen MR) is 62.9 cm³/mol. The van der Waals surface area contributed by atoms with E-state index >= 15 is 0 Å². The van der Waals surface area contributed by atoms with E-state index in [9.17, 15) is 9.90 Å². The number of rotatable bonds is 3. The Morgan fingerprint density at radius 3 is 2.31 bits per heavy atom. The maximum Gasteiger partial charge on any atom is 0.226 e. The zero-order chi connectivity index (χ0) is 12.0. The summed E-state index contributed by atoms with van der Waals surface area (Å²) in [7, 11) is 1.83. The lowest BCUT2D eigenvalue weighted by Crippen LogP contribution is -2.43. The van der Waals surface area contributed by atoms with Crippen molar-refractivity contribution in [2.75, 3.05) is 13.6 Å². The molecular weight excluding hydrogens is 202 g/mol. The van der Waals surface area contributed by atoms with Gasteiger partial charge in [-0.1, -0.05) is 26.7 Å². The van der Waals surface area contributed by atoms with Crippen molar-refractivity contribution >= 4 is 5.91 Å². The van der Waals surface area contributed by atoms with Gasteiger partial charge in [-0.05, 0) is 24.7 Å². The summed E-state index contributed by atoms with van der Waals surface area (Å²) in [5.74, 6) is 0.396. The number of hydrogen-bond acceptors (Lipinski definition) is 2. The molecule has 1 atom stereocenters. The summed E-state index contributed by atoms with van der Waals surface area (Å²) in [6.45, 7) is 4.78. The maximum absolute atomic E-state index is 12.1. The van der Waals surface area contributed by atoms with Crippen LogP contribution in [0.25, 0.3) is 0 Å². The molecule has 2 fully saturated rings. The van der Waals surface area contributed by atoms with E-state index in [2.05, 4.69) is 13.8 Å². The number of hydrogen-bond donors (Lipinski definition) is 1. The average molecular weight is 225 g/mol. The summed E-state index contributed by atoms with van der Waals surface area (Å²) in [6, 6.07) is 0.